The average molecular weight is 422 g/mol. The Morgan fingerprint density at radius 1 is 1.45 bits per heavy atom. The Kier molecular flexibility index (Phi) is 7.46. The molecule has 0 fully saturated rings. The summed E-state index contributed by atoms with van der Waals surface area (Å²) in [4.78, 5) is 10.9. The molecular formula is C13H19IN4S2. The number of guanidine groups is 1. The van der Waals surface area contributed by atoms with Crippen LogP contribution in [0.25, 0.3) is 0 Å². The van der Waals surface area contributed by atoms with Crippen molar-refractivity contribution in [1.29, 1.82) is 0 Å². The summed E-state index contributed by atoms with van der Waals surface area (Å²) < 4.78 is 0. The summed E-state index contributed by atoms with van der Waals surface area (Å²) in [6.07, 6.45) is 0. The quantitative estimate of drug-likeness (QED) is 0.467. The fourth-order valence-corrected chi connectivity index (χ4v) is 3.03. The summed E-state index contributed by atoms with van der Waals surface area (Å²) in [5.41, 5.74) is 2.37. The minimum absolute atomic E-state index is 0. The highest BCUT2D eigenvalue weighted by molar-refractivity contribution is 14.0. The number of aliphatic imine (C=N–C) groups is 1. The normalized spacial score (nSPS) is 11.1. The number of aromatic nitrogens is 1. The van der Waals surface area contributed by atoms with Gasteiger partial charge in [-0.05, 0) is 29.3 Å². The molecule has 0 atom stereocenters. The lowest BCUT2D eigenvalue weighted by molar-refractivity contribution is 0.470. The van der Waals surface area contributed by atoms with Crippen LogP contribution in [0.5, 0.6) is 0 Å². The van der Waals surface area contributed by atoms with E-state index in [-0.39, 0.29) is 24.0 Å². The van der Waals surface area contributed by atoms with E-state index in [1.165, 1.54) is 5.56 Å². The molecule has 1 N–H and O–H groups in total. The molecule has 2 aromatic rings. The van der Waals surface area contributed by atoms with Crippen LogP contribution in [0.3, 0.4) is 0 Å². The van der Waals surface area contributed by atoms with Gasteiger partial charge in [0.25, 0.3) is 0 Å². The number of thiophene rings is 1. The summed E-state index contributed by atoms with van der Waals surface area (Å²) in [5, 5.41) is 10.8. The smallest absolute Gasteiger partial charge is 0.194 e. The van der Waals surface area contributed by atoms with E-state index in [4.69, 9.17) is 0 Å². The molecule has 0 amide bonds. The van der Waals surface area contributed by atoms with Crippen molar-refractivity contribution >= 4 is 52.6 Å². The van der Waals surface area contributed by atoms with Gasteiger partial charge in [-0.25, -0.2) is 4.98 Å². The summed E-state index contributed by atoms with van der Waals surface area (Å²) >= 11 is 3.39. The molecule has 2 aromatic heterocycles. The van der Waals surface area contributed by atoms with E-state index in [0.29, 0.717) is 0 Å². The Balaban J connectivity index is 0.00000200. The second-order valence-corrected chi connectivity index (χ2v) is 6.09. The van der Waals surface area contributed by atoms with Gasteiger partial charge in [-0.1, -0.05) is 0 Å². The van der Waals surface area contributed by atoms with Gasteiger partial charge in [-0.3, -0.25) is 4.99 Å². The highest BCUT2D eigenvalue weighted by Crippen LogP contribution is 2.10. The first-order valence-corrected chi connectivity index (χ1v) is 7.85. The van der Waals surface area contributed by atoms with Crippen LogP contribution in [0.4, 0.5) is 0 Å². The van der Waals surface area contributed by atoms with Crippen molar-refractivity contribution in [3.63, 3.8) is 0 Å². The highest BCUT2D eigenvalue weighted by Gasteiger charge is 2.08. The summed E-state index contributed by atoms with van der Waals surface area (Å²) in [7, 11) is 3.83. The van der Waals surface area contributed by atoms with Crippen molar-refractivity contribution in [3.05, 3.63) is 38.5 Å². The Bertz CT molecular complexity index is 536. The third-order valence-corrected chi connectivity index (χ3v) is 4.22. The van der Waals surface area contributed by atoms with Crippen LogP contribution in [0.1, 0.15) is 16.3 Å². The standard InChI is InChI=1S/C13H18N4S2.HI/c1-10-16-12(9-19-10)7-17(3)13(14-2)15-6-11-4-5-18-8-11;/h4-5,8-9H,6-7H2,1-3H3,(H,14,15);1H. The van der Waals surface area contributed by atoms with Crippen molar-refractivity contribution in [1.82, 2.24) is 15.2 Å². The lowest BCUT2D eigenvalue weighted by Crippen LogP contribution is -2.38. The molecule has 4 nitrogen and oxygen atoms in total. The maximum absolute atomic E-state index is 4.47. The van der Waals surface area contributed by atoms with E-state index in [9.17, 15) is 0 Å². The number of hydrogen-bond donors (Lipinski definition) is 1. The van der Waals surface area contributed by atoms with E-state index in [1.807, 2.05) is 14.0 Å². The van der Waals surface area contributed by atoms with Crippen molar-refractivity contribution in [3.8, 4) is 0 Å². The van der Waals surface area contributed by atoms with Crippen LogP contribution in [0.2, 0.25) is 0 Å². The molecule has 0 aliphatic rings. The summed E-state index contributed by atoms with van der Waals surface area (Å²) in [6, 6.07) is 2.12. The number of thiazole rings is 1. The molecular weight excluding hydrogens is 403 g/mol. The van der Waals surface area contributed by atoms with Gasteiger partial charge in [0, 0.05) is 26.0 Å². The van der Waals surface area contributed by atoms with Gasteiger partial charge < -0.3 is 10.2 Å². The molecule has 0 radical (unpaired) electrons. The SMILES string of the molecule is CN=C(NCc1ccsc1)N(C)Cc1csc(C)n1.I. The Hall–Kier alpha value is -0.670. The fourth-order valence-electron chi connectivity index (χ4n) is 1.76. The Morgan fingerprint density at radius 3 is 2.80 bits per heavy atom. The minimum atomic E-state index is 0. The van der Waals surface area contributed by atoms with E-state index >= 15 is 0 Å². The lowest BCUT2D eigenvalue weighted by Gasteiger charge is -2.21. The number of hydrogen-bond acceptors (Lipinski definition) is 4. The van der Waals surface area contributed by atoms with Crippen molar-refractivity contribution in [2.24, 2.45) is 4.99 Å². The van der Waals surface area contributed by atoms with E-state index in [0.717, 1.165) is 29.8 Å². The van der Waals surface area contributed by atoms with Crippen LogP contribution >= 0.6 is 46.7 Å². The van der Waals surface area contributed by atoms with Gasteiger partial charge >= 0.3 is 0 Å². The molecule has 0 spiro atoms. The van der Waals surface area contributed by atoms with Gasteiger partial charge in [0.15, 0.2) is 5.96 Å². The maximum Gasteiger partial charge on any atom is 0.194 e. The molecule has 2 rings (SSSR count). The van der Waals surface area contributed by atoms with Crippen LogP contribution in [0, 0.1) is 6.92 Å². The third-order valence-electron chi connectivity index (χ3n) is 2.67. The first-order chi connectivity index (χ1) is 9.19. The fraction of sp³-hybridized carbons (Fsp3) is 0.385. The molecule has 0 bridgehead atoms. The summed E-state index contributed by atoms with van der Waals surface area (Å²) in [5.74, 6) is 0.886. The zero-order valence-corrected chi connectivity index (χ0v) is 15.8. The molecule has 7 heteroatoms. The van der Waals surface area contributed by atoms with Crippen molar-refractivity contribution in [2.75, 3.05) is 14.1 Å². The van der Waals surface area contributed by atoms with Crippen molar-refractivity contribution < 1.29 is 0 Å². The number of halogens is 1. The topological polar surface area (TPSA) is 40.5 Å². The number of nitrogens with one attached hydrogen (secondary N) is 1. The molecule has 2 heterocycles. The van der Waals surface area contributed by atoms with Crippen LogP contribution in [-0.2, 0) is 13.1 Å². The maximum atomic E-state index is 4.47. The van der Waals surface area contributed by atoms with Crippen LogP contribution < -0.4 is 5.32 Å². The number of rotatable bonds is 4. The summed E-state index contributed by atoms with van der Waals surface area (Å²) in [6.45, 7) is 3.60. The zero-order valence-electron chi connectivity index (χ0n) is 11.8. The van der Waals surface area contributed by atoms with Crippen LogP contribution in [-0.4, -0.2) is 29.9 Å². The van der Waals surface area contributed by atoms with Gasteiger partial charge in [0.2, 0.25) is 0 Å². The second kappa shape index (κ2) is 8.58. The predicted octanol–water partition coefficient (Wildman–Crippen LogP) is 3.34. The van der Waals surface area contributed by atoms with Gasteiger partial charge in [-0.2, -0.15) is 11.3 Å². The predicted molar refractivity (Wildman–Crippen MR) is 98.3 cm³/mol. The number of nitrogens with zero attached hydrogens (tertiary/aromatic N) is 3. The molecule has 0 aliphatic heterocycles. The largest absolute Gasteiger partial charge is 0.352 e. The monoisotopic (exact) mass is 422 g/mol. The number of aryl methyl sites for hydroxylation is 1. The molecule has 0 aliphatic carbocycles. The highest BCUT2D eigenvalue weighted by atomic mass is 127. The molecule has 0 saturated carbocycles. The van der Waals surface area contributed by atoms with Gasteiger partial charge in [0.1, 0.15) is 0 Å². The average Bonchev–Trinajstić information content (AvgIpc) is 3.02. The van der Waals surface area contributed by atoms with E-state index in [2.05, 4.69) is 42.4 Å². The van der Waals surface area contributed by atoms with Crippen molar-refractivity contribution in [2.45, 2.75) is 20.0 Å². The first-order valence-electron chi connectivity index (χ1n) is 6.03. The van der Waals surface area contributed by atoms with Gasteiger partial charge in [0.05, 0.1) is 17.2 Å². The van der Waals surface area contributed by atoms with E-state index < -0.39 is 0 Å². The molecule has 0 saturated heterocycles. The lowest BCUT2D eigenvalue weighted by atomic mass is 10.3. The van der Waals surface area contributed by atoms with Gasteiger partial charge in [-0.15, -0.1) is 35.3 Å². The molecule has 0 unspecified atom stereocenters. The zero-order chi connectivity index (χ0) is 13.7. The van der Waals surface area contributed by atoms with E-state index in [1.54, 1.807) is 29.7 Å². The first kappa shape index (κ1) is 17.4. The van der Waals surface area contributed by atoms with Crippen LogP contribution in [0.15, 0.2) is 27.2 Å². The Morgan fingerprint density at radius 2 is 2.25 bits per heavy atom. The molecule has 20 heavy (non-hydrogen) atoms. The minimum Gasteiger partial charge on any atom is -0.352 e. The Labute approximate surface area is 145 Å². The molecule has 110 valence electrons. The second-order valence-electron chi connectivity index (χ2n) is 4.25. The third kappa shape index (κ3) is 5.02. The molecule has 0 aromatic carbocycles.